The minimum absolute atomic E-state index is 0.00262. The van der Waals surface area contributed by atoms with Gasteiger partial charge in [-0.25, -0.2) is 0 Å². The molecule has 116 valence electrons. The summed E-state index contributed by atoms with van der Waals surface area (Å²) >= 11 is 0. The molecule has 1 amide bonds. The third-order valence-electron chi connectivity index (χ3n) is 3.43. The Labute approximate surface area is 121 Å². The van der Waals surface area contributed by atoms with Crippen molar-refractivity contribution in [3.05, 3.63) is 29.8 Å². The predicted octanol–water partition coefficient (Wildman–Crippen LogP) is 1.08. The van der Waals surface area contributed by atoms with E-state index < -0.39 is 12.2 Å². The molecule has 5 nitrogen and oxygen atoms in total. The van der Waals surface area contributed by atoms with Gasteiger partial charge in [-0.1, -0.05) is 0 Å². The maximum atomic E-state index is 12.2. The second-order valence-electron chi connectivity index (χ2n) is 5.22. The number of β-amino-alcohol motifs (C(OH)–C–C–N with tert-alkyl or cyclic N) is 1. The zero-order chi connectivity index (χ0) is 15.5. The van der Waals surface area contributed by atoms with E-state index in [2.05, 4.69) is 10.1 Å². The van der Waals surface area contributed by atoms with Gasteiger partial charge in [0.1, 0.15) is 5.75 Å². The lowest BCUT2D eigenvalue weighted by Crippen LogP contribution is -2.45. The Balaban J connectivity index is 1.98. The first-order chi connectivity index (χ1) is 9.89. The molecule has 7 heteroatoms. The SMILES string of the molecule is CN(CC1(O)CCNC1)C(=O)c1ccc(OC(F)F)cc1. The van der Waals surface area contributed by atoms with Crippen LogP contribution >= 0.6 is 0 Å². The van der Waals surface area contributed by atoms with Crippen molar-refractivity contribution < 1.29 is 23.4 Å². The highest BCUT2D eigenvalue weighted by atomic mass is 19.3. The summed E-state index contributed by atoms with van der Waals surface area (Å²) in [6.45, 7) is -1.50. The van der Waals surface area contributed by atoms with E-state index in [1.54, 1.807) is 7.05 Å². The Morgan fingerprint density at radius 2 is 2.14 bits per heavy atom. The van der Waals surface area contributed by atoms with Crippen molar-refractivity contribution in [3.63, 3.8) is 0 Å². The number of hydrogen-bond donors (Lipinski definition) is 2. The lowest BCUT2D eigenvalue weighted by Gasteiger charge is -2.28. The molecule has 2 N–H and O–H groups in total. The first-order valence-electron chi connectivity index (χ1n) is 6.63. The van der Waals surface area contributed by atoms with Gasteiger partial charge in [-0.2, -0.15) is 8.78 Å². The first-order valence-corrected chi connectivity index (χ1v) is 6.63. The lowest BCUT2D eigenvalue weighted by atomic mass is 10.0. The average Bonchev–Trinajstić information content (AvgIpc) is 2.84. The number of carbonyl (C=O) groups is 1. The van der Waals surface area contributed by atoms with E-state index in [-0.39, 0.29) is 18.2 Å². The summed E-state index contributed by atoms with van der Waals surface area (Å²) in [5, 5.41) is 13.3. The summed E-state index contributed by atoms with van der Waals surface area (Å²) in [6.07, 6.45) is 0.589. The van der Waals surface area contributed by atoms with E-state index in [0.717, 1.165) is 6.54 Å². The van der Waals surface area contributed by atoms with Gasteiger partial charge in [0.2, 0.25) is 0 Å². The van der Waals surface area contributed by atoms with Crippen molar-refractivity contribution in [3.8, 4) is 5.75 Å². The van der Waals surface area contributed by atoms with Crippen LogP contribution in [-0.4, -0.2) is 54.8 Å². The molecule has 1 fully saturated rings. The number of aliphatic hydroxyl groups is 1. The topological polar surface area (TPSA) is 61.8 Å². The maximum absolute atomic E-state index is 12.2. The molecule has 1 aromatic rings. The predicted molar refractivity (Wildman–Crippen MR) is 72.5 cm³/mol. The molecule has 1 heterocycles. The number of nitrogens with one attached hydrogen (secondary N) is 1. The summed E-state index contributed by atoms with van der Waals surface area (Å²) < 4.78 is 28.3. The van der Waals surface area contributed by atoms with Gasteiger partial charge in [0.25, 0.3) is 5.91 Å². The normalized spacial score (nSPS) is 21.6. The van der Waals surface area contributed by atoms with Crippen LogP contribution in [0, 0.1) is 0 Å². The van der Waals surface area contributed by atoms with Gasteiger partial charge in [0, 0.05) is 19.2 Å². The van der Waals surface area contributed by atoms with Crippen LogP contribution < -0.4 is 10.1 Å². The highest BCUT2D eigenvalue weighted by Gasteiger charge is 2.33. The van der Waals surface area contributed by atoms with Gasteiger partial charge in [-0.05, 0) is 37.2 Å². The number of benzene rings is 1. The lowest BCUT2D eigenvalue weighted by molar-refractivity contribution is -0.0498. The quantitative estimate of drug-likeness (QED) is 0.854. The molecular formula is C14H18F2N2O3. The smallest absolute Gasteiger partial charge is 0.387 e. The number of carbonyl (C=O) groups excluding carboxylic acids is 1. The van der Waals surface area contributed by atoms with E-state index in [4.69, 9.17) is 0 Å². The number of nitrogens with zero attached hydrogens (tertiary/aromatic N) is 1. The number of hydrogen-bond acceptors (Lipinski definition) is 4. The summed E-state index contributed by atoms with van der Waals surface area (Å²) in [4.78, 5) is 13.6. The number of ether oxygens (including phenoxy) is 1. The van der Waals surface area contributed by atoms with Crippen molar-refractivity contribution in [2.24, 2.45) is 0 Å². The molecule has 0 spiro atoms. The van der Waals surface area contributed by atoms with Crippen LogP contribution in [0.3, 0.4) is 0 Å². The number of alkyl halides is 2. The van der Waals surface area contributed by atoms with Gasteiger partial charge in [0.05, 0.1) is 12.1 Å². The fourth-order valence-electron chi connectivity index (χ4n) is 2.38. The van der Waals surface area contributed by atoms with Crippen molar-refractivity contribution in [1.82, 2.24) is 10.2 Å². The third-order valence-corrected chi connectivity index (χ3v) is 3.43. The molecule has 2 rings (SSSR count). The van der Waals surface area contributed by atoms with Gasteiger partial charge >= 0.3 is 6.61 Å². The maximum Gasteiger partial charge on any atom is 0.387 e. The van der Waals surface area contributed by atoms with E-state index in [0.29, 0.717) is 18.5 Å². The van der Waals surface area contributed by atoms with Gasteiger partial charge in [0.15, 0.2) is 0 Å². The summed E-state index contributed by atoms with van der Waals surface area (Å²) in [7, 11) is 1.60. The summed E-state index contributed by atoms with van der Waals surface area (Å²) in [6, 6.07) is 5.49. The van der Waals surface area contributed by atoms with Crippen LogP contribution in [0.2, 0.25) is 0 Å². The Kier molecular flexibility index (Phi) is 4.74. The van der Waals surface area contributed by atoms with Crippen LogP contribution in [0.25, 0.3) is 0 Å². The molecule has 0 bridgehead atoms. The van der Waals surface area contributed by atoms with Gasteiger partial charge in [-0.3, -0.25) is 4.79 Å². The molecule has 1 aliphatic heterocycles. The fourth-order valence-corrected chi connectivity index (χ4v) is 2.38. The fraction of sp³-hybridized carbons (Fsp3) is 0.500. The van der Waals surface area contributed by atoms with Crippen LogP contribution in [0.1, 0.15) is 16.8 Å². The zero-order valence-corrected chi connectivity index (χ0v) is 11.7. The molecule has 1 aliphatic rings. The highest BCUT2D eigenvalue weighted by Crippen LogP contribution is 2.18. The van der Waals surface area contributed by atoms with Crippen molar-refractivity contribution in [2.45, 2.75) is 18.6 Å². The molecule has 21 heavy (non-hydrogen) atoms. The number of amides is 1. The molecule has 0 aliphatic carbocycles. The number of halogens is 2. The molecule has 0 radical (unpaired) electrons. The monoisotopic (exact) mass is 300 g/mol. The van der Waals surface area contributed by atoms with Crippen LogP contribution in [-0.2, 0) is 0 Å². The van der Waals surface area contributed by atoms with E-state index in [1.807, 2.05) is 0 Å². The van der Waals surface area contributed by atoms with E-state index in [9.17, 15) is 18.7 Å². The standard InChI is InChI=1S/C14H18F2N2O3/c1-18(9-14(20)6-7-17-8-14)12(19)10-2-4-11(5-3-10)21-13(15)16/h2-5,13,17,20H,6-9H2,1H3. The molecule has 0 aromatic heterocycles. The van der Waals surface area contributed by atoms with Gasteiger partial charge < -0.3 is 20.1 Å². The van der Waals surface area contributed by atoms with Crippen LogP contribution in [0.4, 0.5) is 8.78 Å². The summed E-state index contributed by atoms with van der Waals surface area (Å²) in [5.74, 6) is -0.276. The largest absolute Gasteiger partial charge is 0.435 e. The van der Waals surface area contributed by atoms with Crippen molar-refractivity contribution in [1.29, 1.82) is 0 Å². The molecule has 0 saturated carbocycles. The minimum atomic E-state index is -2.89. The Hall–Kier alpha value is -1.73. The second kappa shape index (κ2) is 6.36. The average molecular weight is 300 g/mol. The van der Waals surface area contributed by atoms with Crippen molar-refractivity contribution >= 4 is 5.91 Å². The summed E-state index contributed by atoms with van der Waals surface area (Å²) in [5.41, 5.74) is -0.558. The van der Waals surface area contributed by atoms with E-state index >= 15 is 0 Å². The molecule has 1 saturated heterocycles. The highest BCUT2D eigenvalue weighted by molar-refractivity contribution is 5.94. The van der Waals surface area contributed by atoms with Crippen molar-refractivity contribution in [2.75, 3.05) is 26.7 Å². The third kappa shape index (κ3) is 4.12. The molecule has 1 unspecified atom stereocenters. The van der Waals surface area contributed by atoms with Crippen LogP contribution in [0.5, 0.6) is 5.75 Å². The Morgan fingerprint density at radius 1 is 1.48 bits per heavy atom. The Morgan fingerprint density at radius 3 is 2.67 bits per heavy atom. The second-order valence-corrected chi connectivity index (χ2v) is 5.22. The van der Waals surface area contributed by atoms with E-state index in [1.165, 1.54) is 29.2 Å². The minimum Gasteiger partial charge on any atom is -0.435 e. The number of likely N-dealkylation sites (N-methyl/N-ethyl adjacent to an activating group) is 1. The zero-order valence-electron chi connectivity index (χ0n) is 11.7. The first kappa shape index (κ1) is 15.7. The molecule has 1 atom stereocenters. The Bertz CT molecular complexity index is 487. The van der Waals surface area contributed by atoms with Crippen LogP contribution in [0.15, 0.2) is 24.3 Å². The van der Waals surface area contributed by atoms with Gasteiger partial charge in [-0.15, -0.1) is 0 Å². The molecule has 1 aromatic carbocycles. The number of rotatable bonds is 5. The molecular weight excluding hydrogens is 282 g/mol.